The number of anilines is 1. The largest absolute Gasteiger partial charge is 0.768 e. The van der Waals surface area contributed by atoms with E-state index in [0.29, 0.717) is 0 Å². The van der Waals surface area contributed by atoms with Gasteiger partial charge in [0.25, 0.3) is 0 Å². The van der Waals surface area contributed by atoms with Gasteiger partial charge in [0.2, 0.25) is 5.91 Å². The van der Waals surface area contributed by atoms with E-state index < -0.39 is 22.8 Å². The number of aryl methyl sites for hydroxylation is 1. The van der Waals surface area contributed by atoms with Gasteiger partial charge in [0.15, 0.2) is 5.82 Å². The lowest BCUT2D eigenvalue weighted by molar-refractivity contribution is -0.115. The van der Waals surface area contributed by atoms with Crippen LogP contribution in [0.15, 0.2) is 53.8 Å². The third-order valence-electron chi connectivity index (χ3n) is 3.53. The van der Waals surface area contributed by atoms with Crippen LogP contribution in [0.1, 0.15) is 11.1 Å². The number of carbonyl (C=O) groups is 1. The monoisotopic (exact) mass is 373 g/mol. The van der Waals surface area contributed by atoms with E-state index in [4.69, 9.17) is 0 Å². The highest BCUT2D eigenvalue weighted by Crippen LogP contribution is 2.20. The van der Waals surface area contributed by atoms with Gasteiger partial charge in [0.1, 0.15) is 5.82 Å². The molecule has 0 saturated carbocycles. The standard InChI is InChI=1S/C17H15FN4O3S/c1-11-8-20-22(10-11)17-15(26(24)25)7-13(9-19-17)21-16(23)6-12-4-2-3-5-14(12)18/h2-5,7-10H,6H2,1H3,(H,21,23)(H,24,25)/p-1. The molecular weight excluding hydrogens is 359 g/mol. The summed E-state index contributed by atoms with van der Waals surface area (Å²) in [7, 11) is 0. The van der Waals surface area contributed by atoms with E-state index in [1.165, 1.54) is 35.1 Å². The lowest BCUT2D eigenvalue weighted by Crippen LogP contribution is -2.16. The van der Waals surface area contributed by atoms with Crippen molar-refractivity contribution in [3.63, 3.8) is 0 Å². The highest BCUT2D eigenvalue weighted by molar-refractivity contribution is 7.79. The second-order valence-corrected chi connectivity index (χ2v) is 6.47. The lowest BCUT2D eigenvalue weighted by Gasteiger charge is -2.13. The Bertz CT molecular complexity index is 990. The number of amides is 1. The molecule has 1 aromatic carbocycles. The lowest BCUT2D eigenvalue weighted by atomic mass is 10.1. The van der Waals surface area contributed by atoms with Crippen molar-refractivity contribution in [2.24, 2.45) is 0 Å². The average Bonchev–Trinajstić information content (AvgIpc) is 3.03. The van der Waals surface area contributed by atoms with E-state index in [0.717, 1.165) is 5.56 Å². The summed E-state index contributed by atoms with van der Waals surface area (Å²) < 4.78 is 38.0. The van der Waals surface area contributed by atoms with Gasteiger partial charge in [-0.05, 0) is 41.3 Å². The molecule has 7 nitrogen and oxygen atoms in total. The molecule has 0 bridgehead atoms. The van der Waals surface area contributed by atoms with Crippen molar-refractivity contribution in [1.82, 2.24) is 14.8 Å². The summed E-state index contributed by atoms with van der Waals surface area (Å²) in [4.78, 5) is 16.1. The maximum atomic E-state index is 13.6. The van der Waals surface area contributed by atoms with Gasteiger partial charge in [0, 0.05) is 6.20 Å². The van der Waals surface area contributed by atoms with E-state index in [1.54, 1.807) is 18.5 Å². The fraction of sp³-hybridized carbons (Fsp3) is 0.118. The van der Waals surface area contributed by atoms with Gasteiger partial charge < -0.3 is 9.87 Å². The first-order chi connectivity index (χ1) is 12.4. The van der Waals surface area contributed by atoms with Crippen LogP contribution in [0.2, 0.25) is 0 Å². The Morgan fingerprint density at radius 3 is 2.77 bits per heavy atom. The van der Waals surface area contributed by atoms with Gasteiger partial charge in [0.05, 0.1) is 29.4 Å². The molecule has 0 spiro atoms. The fourth-order valence-corrected chi connectivity index (χ4v) is 2.87. The molecule has 26 heavy (non-hydrogen) atoms. The van der Waals surface area contributed by atoms with Crippen molar-refractivity contribution in [3.8, 4) is 5.82 Å². The Labute approximate surface area is 151 Å². The molecule has 3 rings (SSSR count). The van der Waals surface area contributed by atoms with E-state index in [1.807, 2.05) is 6.92 Å². The zero-order valence-corrected chi connectivity index (χ0v) is 14.5. The number of hydrogen-bond donors (Lipinski definition) is 1. The van der Waals surface area contributed by atoms with E-state index >= 15 is 0 Å². The van der Waals surface area contributed by atoms with Gasteiger partial charge in [-0.3, -0.25) is 9.00 Å². The minimum absolute atomic E-state index is 0.114. The summed E-state index contributed by atoms with van der Waals surface area (Å²) in [5.41, 5.74) is 1.28. The predicted octanol–water partition coefficient (Wildman–Crippen LogP) is 2.13. The van der Waals surface area contributed by atoms with Crippen molar-refractivity contribution in [2.45, 2.75) is 18.2 Å². The van der Waals surface area contributed by atoms with Crippen LogP contribution in [-0.2, 0) is 22.3 Å². The second kappa shape index (κ2) is 7.54. The topological polar surface area (TPSA) is 99.9 Å². The SMILES string of the molecule is Cc1cnn(-c2ncc(NC(=O)Cc3ccccc3F)cc2S(=O)[O-])c1. The minimum Gasteiger partial charge on any atom is -0.768 e. The zero-order valence-electron chi connectivity index (χ0n) is 13.7. The maximum Gasteiger partial charge on any atom is 0.228 e. The van der Waals surface area contributed by atoms with Gasteiger partial charge in [-0.1, -0.05) is 18.2 Å². The highest BCUT2D eigenvalue weighted by Gasteiger charge is 2.13. The van der Waals surface area contributed by atoms with Crippen LogP contribution in [0.5, 0.6) is 0 Å². The molecule has 1 atom stereocenters. The van der Waals surface area contributed by atoms with Crippen LogP contribution in [0.4, 0.5) is 10.1 Å². The third-order valence-corrected chi connectivity index (χ3v) is 4.19. The molecule has 134 valence electrons. The molecule has 2 heterocycles. The minimum atomic E-state index is -2.58. The first kappa shape index (κ1) is 17.9. The van der Waals surface area contributed by atoms with Crippen LogP contribution in [0.25, 0.3) is 5.82 Å². The number of pyridine rings is 1. The fourth-order valence-electron chi connectivity index (χ4n) is 2.35. The zero-order chi connectivity index (χ0) is 18.7. The maximum absolute atomic E-state index is 13.6. The molecule has 2 aromatic heterocycles. The molecule has 0 aliphatic heterocycles. The highest BCUT2D eigenvalue weighted by atomic mass is 32.2. The number of rotatable bonds is 5. The van der Waals surface area contributed by atoms with Gasteiger partial charge >= 0.3 is 0 Å². The van der Waals surface area contributed by atoms with Crippen LogP contribution in [0.3, 0.4) is 0 Å². The van der Waals surface area contributed by atoms with E-state index in [-0.39, 0.29) is 28.4 Å². The summed E-state index contributed by atoms with van der Waals surface area (Å²) in [5.74, 6) is -0.840. The molecule has 1 N–H and O–H groups in total. The number of benzene rings is 1. The average molecular weight is 373 g/mol. The molecule has 0 radical (unpaired) electrons. The molecular formula is C17H14FN4O3S-. The first-order valence-corrected chi connectivity index (χ1v) is 8.66. The Morgan fingerprint density at radius 1 is 1.35 bits per heavy atom. The first-order valence-electron chi connectivity index (χ1n) is 7.58. The normalized spacial score (nSPS) is 12.0. The van der Waals surface area contributed by atoms with E-state index in [9.17, 15) is 17.9 Å². The number of hydrogen-bond acceptors (Lipinski definition) is 5. The Balaban J connectivity index is 1.82. The van der Waals surface area contributed by atoms with Crippen molar-refractivity contribution < 1.29 is 17.9 Å². The summed E-state index contributed by atoms with van der Waals surface area (Å²) in [5, 5.41) is 6.56. The molecule has 9 heteroatoms. The Kier molecular flexibility index (Phi) is 5.19. The predicted molar refractivity (Wildman–Crippen MR) is 92.0 cm³/mol. The molecule has 0 saturated heterocycles. The van der Waals surface area contributed by atoms with Crippen molar-refractivity contribution >= 4 is 22.7 Å². The van der Waals surface area contributed by atoms with Crippen LogP contribution in [0, 0.1) is 12.7 Å². The summed E-state index contributed by atoms with van der Waals surface area (Å²) in [6.45, 7) is 1.81. The summed E-state index contributed by atoms with van der Waals surface area (Å²) in [6.07, 6.45) is 4.35. The van der Waals surface area contributed by atoms with Crippen molar-refractivity contribution in [1.29, 1.82) is 0 Å². The van der Waals surface area contributed by atoms with Crippen LogP contribution < -0.4 is 5.32 Å². The molecule has 0 aliphatic carbocycles. The quantitative estimate of drug-likeness (QED) is 0.691. The molecule has 1 amide bonds. The number of aromatic nitrogens is 3. The van der Waals surface area contributed by atoms with Crippen molar-refractivity contribution in [3.05, 3.63) is 65.9 Å². The number of nitrogens with zero attached hydrogens (tertiary/aromatic N) is 3. The van der Waals surface area contributed by atoms with Crippen molar-refractivity contribution in [2.75, 3.05) is 5.32 Å². The van der Waals surface area contributed by atoms with Crippen LogP contribution in [-0.4, -0.2) is 29.4 Å². The summed E-state index contributed by atoms with van der Waals surface area (Å²) in [6, 6.07) is 7.22. The van der Waals surface area contributed by atoms with Crippen LogP contribution >= 0.6 is 0 Å². The van der Waals surface area contributed by atoms with Gasteiger partial charge in [-0.25, -0.2) is 14.1 Å². The van der Waals surface area contributed by atoms with E-state index in [2.05, 4.69) is 15.4 Å². The van der Waals surface area contributed by atoms with Gasteiger partial charge in [-0.15, -0.1) is 0 Å². The number of carbonyl (C=O) groups excluding carboxylic acids is 1. The number of halogens is 1. The third kappa shape index (κ3) is 4.01. The molecule has 3 aromatic rings. The molecule has 0 aliphatic rings. The molecule has 0 fully saturated rings. The summed E-state index contributed by atoms with van der Waals surface area (Å²) >= 11 is -2.58. The Hall–Kier alpha value is -2.91. The Morgan fingerprint density at radius 2 is 2.12 bits per heavy atom. The second-order valence-electron chi connectivity index (χ2n) is 5.56. The molecule has 1 unspecified atom stereocenters. The number of nitrogens with one attached hydrogen (secondary N) is 1. The smallest absolute Gasteiger partial charge is 0.228 e. The van der Waals surface area contributed by atoms with Gasteiger partial charge in [-0.2, -0.15) is 5.10 Å².